The third-order valence-corrected chi connectivity index (χ3v) is 3.77. The van der Waals surface area contributed by atoms with Crippen molar-refractivity contribution in [1.29, 1.82) is 0 Å². The molecule has 0 spiro atoms. The summed E-state index contributed by atoms with van der Waals surface area (Å²) in [6, 6.07) is 0.104. The fraction of sp³-hybridized carbons (Fsp3) is 0.938. The highest BCUT2D eigenvalue weighted by Crippen LogP contribution is 2.19. The highest BCUT2D eigenvalue weighted by atomic mass is 16.7. The van der Waals surface area contributed by atoms with Gasteiger partial charge < -0.3 is 24.4 Å². The van der Waals surface area contributed by atoms with Crippen LogP contribution < -0.4 is 5.32 Å². The van der Waals surface area contributed by atoms with Crippen LogP contribution in [0.1, 0.15) is 40.5 Å². The SMILES string of the molecule is COC(OC)C(C)NCC1CCCN(C(=O)OC(C)(C)C)C1. The van der Waals surface area contributed by atoms with Crippen LogP contribution >= 0.6 is 0 Å². The molecule has 1 N–H and O–H groups in total. The van der Waals surface area contributed by atoms with Gasteiger partial charge in [0.15, 0.2) is 6.29 Å². The zero-order valence-electron chi connectivity index (χ0n) is 14.8. The molecule has 2 atom stereocenters. The fourth-order valence-corrected chi connectivity index (χ4v) is 2.68. The Kier molecular flexibility index (Phi) is 7.59. The van der Waals surface area contributed by atoms with Crippen LogP contribution in [0.15, 0.2) is 0 Å². The monoisotopic (exact) mass is 316 g/mol. The van der Waals surface area contributed by atoms with Gasteiger partial charge in [0.05, 0.1) is 6.04 Å². The van der Waals surface area contributed by atoms with E-state index in [0.29, 0.717) is 5.92 Å². The van der Waals surface area contributed by atoms with E-state index in [1.807, 2.05) is 32.6 Å². The van der Waals surface area contributed by atoms with E-state index in [4.69, 9.17) is 14.2 Å². The van der Waals surface area contributed by atoms with Gasteiger partial charge >= 0.3 is 6.09 Å². The topological polar surface area (TPSA) is 60.0 Å². The highest BCUT2D eigenvalue weighted by molar-refractivity contribution is 5.68. The van der Waals surface area contributed by atoms with Crippen molar-refractivity contribution in [1.82, 2.24) is 10.2 Å². The van der Waals surface area contributed by atoms with E-state index < -0.39 is 5.60 Å². The maximum atomic E-state index is 12.1. The molecule has 1 rings (SSSR count). The third kappa shape index (κ3) is 6.50. The number of hydrogen-bond acceptors (Lipinski definition) is 5. The number of carbonyl (C=O) groups excluding carboxylic acids is 1. The molecule has 1 aliphatic heterocycles. The summed E-state index contributed by atoms with van der Waals surface area (Å²) in [7, 11) is 3.27. The van der Waals surface area contributed by atoms with E-state index in [9.17, 15) is 4.79 Å². The van der Waals surface area contributed by atoms with E-state index in [0.717, 1.165) is 32.5 Å². The van der Waals surface area contributed by atoms with Gasteiger partial charge in [0.1, 0.15) is 5.60 Å². The molecule has 0 bridgehead atoms. The van der Waals surface area contributed by atoms with Crippen molar-refractivity contribution in [2.45, 2.75) is 58.5 Å². The summed E-state index contributed by atoms with van der Waals surface area (Å²) in [6.45, 7) is 10.1. The van der Waals surface area contributed by atoms with Crippen LogP contribution in [-0.2, 0) is 14.2 Å². The zero-order chi connectivity index (χ0) is 16.8. The van der Waals surface area contributed by atoms with Crippen LogP contribution in [0.4, 0.5) is 4.79 Å². The molecule has 1 heterocycles. The minimum atomic E-state index is -0.444. The first-order valence-corrected chi connectivity index (χ1v) is 8.03. The molecule has 1 saturated heterocycles. The van der Waals surface area contributed by atoms with Crippen LogP contribution in [0.5, 0.6) is 0 Å². The van der Waals surface area contributed by atoms with E-state index >= 15 is 0 Å². The second-order valence-corrected chi connectivity index (χ2v) is 6.97. The quantitative estimate of drug-likeness (QED) is 0.762. The van der Waals surface area contributed by atoms with Crippen molar-refractivity contribution >= 4 is 6.09 Å². The molecule has 0 aromatic carbocycles. The molecule has 1 fully saturated rings. The molecule has 0 aromatic heterocycles. The smallest absolute Gasteiger partial charge is 0.410 e. The zero-order valence-corrected chi connectivity index (χ0v) is 14.8. The second kappa shape index (κ2) is 8.70. The van der Waals surface area contributed by atoms with Crippen molar-refractivity contribution in [2.75, 3.05) is 33.9 Å². The Balaban J connectivity index is 2.42. The second-order valence-electron chi connectivity index (χ2n) is 6.97. The van der Waals surface area contributed by atoms with Crippen LogP contribution in [0.3, 0.4) is 0 Å². The molecule has 0 saturated carbocycles. The van der Waals surface area contributed by atoms with Crippen LogP contribution in [0.25, 0.3) is 0 Å². The maximum absolute atomic E-state index is 12.1. The van der Waals surface area contributed by atoms with Gasteiger partial charge in [-0.15, -0.1) is 0 Å². The number of likely N-dealkylation sites (tertiary alicyclic amines) is 1. The predicted molar refractivity (Wildman–Crippen MR) is 85.8 cm³/mol. The summed E-state index contributed by atoms with van der Waals surface area (Å²) in [6.07, 6.45) is 1.66. The van der Waals surface area contributed by atoms with Gasteiger partial charge in [-0.05, 0) is 46.5 Å². The molecule has 0 aliphatic carbocycles. The number of nitrogens with one attached hydrogen (secondary N) is 1. The number of piperidine rings is 1. The lowest BCUT2D eigenvalue weighted by Crippen LogP contribution is -2.47. The first kappa shape index (κ1) is 19.2. The van der Waals surface area contributed by atoms with E-state index in [1.165, 1.54) is 0 Å². The Bertz CT molecular complexity index is 340. The molecule has 1 amide bonds. The van der Waals surface area contributed by atoms with Crippen molar-refractivity contribution in [2.24, 2.45) is 5.92 Å². The molecular weight excluding hydrogens is 284 g/mol. The van der Waals surface area contributed by atoms with Gasteiger partial charge in [-0.25, -0.2) is 4.79 Å². The molecule has 130 valence electrons. The Morgan fingerprint density at radius 1 is 1.32 bits per heavy atom. The number of rotatable bonds is 6. The van der Waals surface area contributed by atoms with Crippen molar-refractivity contribution in [3.8, 4) is 0 Å². The minimum Gasteiger partial charge on any atom is -0.444 e. The standard InChI is InChI=1S/C16H32N2O4/c1-12(14(20-5)21-6)17-10-13-8-7-9-18(11-13)15(19)22-16(2,3)4/h12-14,17H,7-11H2,1-6H3. The largest absolute Gasteiger partial charge is 0.444 e. The summed E-state index contributed by atoms with van der Waals surface area (Å²) in [4.78, 5) is 14.0. The summed E-state index contributed by atoms with van der Waals surface area (Å²) in [5.74, 6) is 0.429. The first-order chi connectivity index (χ1) is 10.3. The average Bonchev–Trinajstić information content (AvgIpc) is 2.45. The summed E-state index contributed by atoms with van der Waals surface area (Å²) in [5.41, 5.74) is -0.444. The maximum Gasteiger partial charge on any atom is 0.410 e. The minimum absolute atomic E-state index is 0.104. The van der Waals surface area contributed by atoms with Crippen molar-refractivity contribution in [3.63, 3.8) is 0 Å². The predicted octanol–water partition coefficient (Wildman–Crippen LogP) is 2.23. The van der Waals surface area contributed by atoms with Crippen LogP contribution in [0.2, 0.25) is 0 Å². The van der Waals surface area contributed by atoms with Gasteiger partial charge in [0.2, 0.25) is 0 Å². The Morgan fingerprint density at radius 2 is 1.95 bits per heavy atom. The number of ether oxygens (including phenoxy) is 3. The molecule has 6 heteroatoms. The summed E-state index contributed by atoms with van der Waals surface area (Å²) >= 11 is 0. The fourth-order valence-electron chi connectivity index (χ4n) is 2.68. The first-order valence-electron chi connectivity index (χ1n) is 8.03. The molecular formula is C16H32N2O4. The Labute approximate surface area is 134 Å². The molecule has 2 unspecified atom stereocenters. The van der Waals surface area contributed by atoms with Crippen molar-refractivity contribution in [3.05, 3.63) is 0 Å². The van der Waals surface area contributed by atoms with E-state index in [1.54, 1.807) is 14.2 Å². The Hall–Kier alpha value is -0.850. The Morgan fingerprint density at radius 3 is 2.50 bits per heavy atom. The molecule has 1 aliphatic rings. The highest BCUT2D eigenvalue weighted by Gasteiger charge is 2.28. The van der Waals surface area contributed by atoms with Crippen molar-refractivity contribution < 1.29 is 19.0 Å². The van der Waals surface area contributed by atoms with Gasteiger partial charge in [0, 0.05) is 33.9 Å². The van der Waals surface area contributed by atoms with E-state index in [2.05, 4.69) is 5.32 Å². The average molecular weight is 316 g/mol. The molecule has 0 radical (unpaired) electrons. The van der Waals surface area contributed by atoms with E-state index in [-0.39, 0.29) is 18.4 Å². The van der Waals surface area contributed by atoms with Gasteiger partial charge in [-0.1, -0.05) is 0 Å². The number of methoxy groups -OCH3 is 2. The van der Waals surface area contributed by atoms with Gasteiger partial charge in [-0.3, -0.25) is 0 Å². The number of carbonyl (C=O) groups is 1. The molecule has 0 aromatic rings. The normalized spacial score (nSPS) is 21.0. The third-order valence-electron chi connectivity index (χ3n) is 3.77. The number of amides is 1. The van der Waals surface area contributed by atoms with Crippen LogP contribution in [-0.4, -0.2) is 62.8 Å². The van der Waals surface area contributed by atoms with Gasteiger partial charge in [-0.2, -0.15) is 0 Å². The summed E-state index contributed by atoms with van der Waals surface area (Å²) < 4.78 is 15.9. The lowest BCUT2D eigenvalue weighted by Gasteiger charge is -2.35. The lowest BCUT2D eigenvalue weighted by molar-refractivity contribution is -0.119. The van der Waals surface area contributed by atoms with Crippen LogP contribution in [0, 0.1) is 5.92 Å². The summed E-state index contributed by atoms with van der Waals surface area (Å²) in [5, 5.41) is 3.43. The number of hydrogen-bond donors (Lipinski definition) is 1. The lowest BCUT2D eigenvalue weighted by atomic mass is 9.98. The molecule has 6 nitrogen and oxygen atoms in total. The molecule has 22 heavy (non-hydrogen) atoms. The number of nitrogens with zero attached hydrogens (tertiary/aromatic N) is 1. The van der Waals surface area contributed by atoms with Gasteiger partial charge in [0.25, 0.3) is 0 Å².